The third-order valence-corrected chi connectivity index (χ3v) is 4.06. The molecule has 128 valence electrons. The third-order valence-electron chi connectivity index (χ3n) is 4.06. The van der Waals surface area contributed by atoms with Crippen LogP contribution in [0.25, 0.3) is 5.57 Å². The molecule has 0 unspecified atom stereocenters. The monoisotopic (exact) mass is 334 g/mol. The Morgan fingerprint density at radius 3 is 2.44 bits per heavy atom. The number of phenols is 1. The number of hydrogen-bond acceptors (Lipinski definition) is 3. The Morgan fingerprint density at radius 1 is 1.08 bits per heavy atom. The highest BCUT2D eigenvalue weighted by Crippen LogP contribution is 2.27. The van der Waals surface area contributed by atoms with Gasteiger partial charge in [-0.2, -0.15) is 0 Å². The van der Waals surface area contributed by atoms with Crippen molar-refractivity contribution < 1.29 is 14.6 Å². The molecule has 25 heavy (non-hydrogen) atoms. The van der Waals surface area contributed by atoms with Gasteiger partial charge in [0.1, 0.15) is 11.5 Å². The number of aromatic hydroxyl groups is 1. The van der Waals surface area contributed by atoms with Gasteiger partial charge < -0.3 is 9.84 Å². The Kier molecular flexibility index (Phi) is 5.03. The molecule has 3 rings (SSSR count). The minimum atomic E-state index is -0.201. The molecule has 0 atom stereocenters. The van der Waals surface area contributed by atoms with Gasteiger partial charge in [0, 0.05) is 11.6 Å². The number of ketones is 1. The first kappa shape index (κ1) is 17.0. The minimum Gasteiger partial charge on any atom is -0.507 e. The van der Waals surface area contributed by atoms with Crippen molar-refractivity contribution in [1.82, 2.24) is 0 Å². The topological polar surface area (TPSA) is 46.5 Å². The van der Waals surface area contributed by atoms with Crippen molar-refractivity contribution in [2.75, 3.05) is 0 Å². The van der Waals surface area contributed by atoms with Crippen molar-refractivity contribution in [2.24, 2.45) is 0 Å². The molecule has 0 radical (unpaired) electrons. The summed E-state index contributed by atoms with van der Waals surface area (Å²) in [5.74, 6) is 0.286. The Morgan fingerprint density at radius 2 is 1.84 bits per heavy atom. The second-order valence-electron chi connectivity index (χ2n) is 6.39. The maximum atomic E-state index is 12.7. The molecule has 0 spiro atoms. The number of rotatable bonds is 5. The van der Waals surface area contributed by atoms with Crippen LogP contribution in [-0.2, 0) is 0 Å². The van der Waals surface area contributed by atoms with Gasteiger partial charge in [-0.3, -0.25) is 4.79 Å². The van der Waals surface area contributed by atoms with Crippen LogP contribution in [0.2, 0.25) is 0 Å². The molecular weight excluding hydrogens is 312 g/mol. The molecule has 0 fully saturated rings. The van der Waals surface area contributed by atoms with Crippen LogP contribution in [0.15, 0.2) is 60.7 Å². The van der Waals surface area contributed by atoms with Gasteiger partial charge in [-0.15, -0.1) is 0 Å². The first-order chi connectivity index (χ1) is 12.0. The quantitative estimate of drug-likeness (QED) is 0.770. The number of phenolic OH excluding ortho intramolecular Hbond substituents is 1. The van der Waals surface area contributed by atoms with E-state index in [1.54, 1.807) is 24.3 Å². The molecule has 0 aromatic heterocycles. The zero-order chi connectivity index (χ0) is 17.8. The molecule has 0 amide bonds. The highest BCUT2D eigenvalue weighted by Gasteiger charge is 2.15. The summed E-state index contributed by atoms with van der Waals surface area (Å²) in [6, 6.07) is 12.3. The van der Waals surface area contributed by atoms with Gasteiger partial charge in [0.05, 0.1) is 11.7 Å². The van der Waals surface area contributed by atoms with Crippen molar-refractivity contribution in [3.8, 4) is 11.5 Å². The average molecular weight is 334 g/mol. The zero-order valence-electron chi connectivity index (χ0n) is 14.5. The van der Waals surface area contributed by atoms with Crippen molar-refractivity contribution in [3.63, 3.8) is 0 Å². The predicted molar refractivity (Wildman–Crippen MR) is 100 cm³/mol. The fourth-order valence-electron chi connectivity index (χ4n) is 2.85. The first-order valence-corrected chi connectivity index (χ1v) is 8.56. The van der Waals surface area contributed by atoms with Gasteiger partial charge in [-0.1, -0.05) is 42.5 Å². The van der Waals surface area contributed by atoms with Gasteiger partial charge in [-0.25, -0.2) is 0 Å². The number of carbonyl (C=O) groups excluding carboxylic acids is 1. The largest absolute Gasteiger partial charge is 0.507 e. The van der Waals surface area contributed by atoms with Crippen LogP contribution in [0.4, 0.5) is 0 Å². The van der Waals surface area contributed by atoms with Crippen molar-refractivity contribution >= 4 is 11.4 Å². The Labute approximate surface area is 148 Å². The van der Waals surface area contributed by atoms with Gasteiger partial charge >= 0.3 is 0 Å². The lowest BCUT2D eigenvalue weighted by atomic mass is 9.96. The summed E-state index contributed by atoms with van der Waals surface area (Å²) in [7, 11) is 0. The average Bonchev–Trinajstić information content (AvgIpc) is 2.62. The van der Waals surface area contributed by atoms with Crippen LogP contribution in [0.1, 0.15) is 48.2 Å². The van der Waals surface area contributed by atoms with E-state index in [9.17, 15) is 9.90 Å². The maximum absolute atomic E-state index is 12.7. The fraction of sp³-hybridized carbons (Fsp3) is 0.227. The van der Waals surface area contributed by atoms with Gasteiger partial charge in [0.25, 0.3) is 0 Å². The highest BCUT2D eigenvalue weighted by atomic mass is 16.5. The lowest BCUT2D eigenvalue weighted by Crippen LogP contribution is -2.06. The first-order valence-electron chi connectivity index (χ1n) is 8.56. The Bertz CT molecular complexity index is 827. The third kappa shape index (κ3) is 4.00. The van der Waals surface area contributed by atoms with E-state index in [1.165, 1.54) is 11.6 Å². The molecule has 1 aliphatic rings. The van der Waals surface area contributed by atoms with Crippen LogP contribution < -0.4 is 4.74 Å². The summed E-state index contributed by atoms with van der Waals surface area (Å²) in [4.78, 5) is 12.7. The van der Waals surface area contributed by atoms with Gasteiger partial charge in [0.15, 0.2) is 5.78 Å². The molecule has 0 aliphatic heterocycles. The molecular formula is C22H22O3. The normalized spacial score (nSPS) is 13.6. The molecule has 3 nitrogen and oxygen atoms in total. The molecule has 1 N–H and O–H groups in total. The van der Waals surface area contributed by atoms with Crippen LogP contribution in [0.3, 0.4) is 0 Å². The molecule has 2 aromatic carbocycles. The van der Waals surface area contributed by atoms with E-state index in [1.807, 2.05) is 26.0 Å². The standard InChI is InChI=1S/C22H22O3/c1-15(2)25-19-12-13-20(21(23)14-19)22(24)18-10-8-17(9-11-18)16-6-4-3-5-7-16/h4,6-15,23H,3,5H2,1-2H3. The second-order valence-corrected chi connectivity index (χ2v) is 6.39. The second kappa shape index (κ2) is 7.39. The Hall–Kier alpha value is -2.81. The highest BCUT2D eigenvalue weighted by molar-refractivity contribution is 6.10. The number of allylic oxidation sites excluding steroid dienone is 4. The van der Waals surface area contributed by atoms with E-state index in [2.05, 4.69) is 18.2 Å². The predicted octanol–water partition coefficient (Wildman–Crippen LogP) is 5.14. The molecule has 0 bridgehead atoms. The van der Waals surface area contributed by atoms with Crippen LogP contribution >= 0.6 is 0 Å². The summed E-state index contributed by atoms with van der Waals surface area (Å²) in [6.45, 7) is 3.82. The van der Waals surface area contributed by atoms with Crippen LogP contribution in [-0.4, -0.2) is 17.0 Å². The fourth-order valence-corrected chi connectivity index (χ4v) is 2.85. The van der Waals surface area contributed by atoms with Crippen molar-refractivity contribution in [1.29, 1.82) is 0 Å². The summed E-state index contributed by atoms with van der Waals surface area (Å²) >= 11 is 0. The number of hydrogen-bond donors (Lipinski definition) is 1. The molecule has 3 heteroatoms. The van der Waals surface area contributed by atoms with E-state index in [0.29, 0.717) is 11.3 Å². The Balaban J connectivity index is 1.81. The molecule has 0 saturated heterocycles. The van der Waals surface area contributed by atoms with E-state index in [4.69, 9.17) is 4.74 Å². The van der Waals surface area contributed by atoms with E-state index < -0.39 is 0 Å². The summed E-state index contributed by atoms with van der Waals surface area (Å²) in [6.07, 6.45) is 8.61. The van der Waals surface area contributed by atoms with Gasteiger partial charge in [-0.05, 0) is 50.0 Å². The lowest BCUT2D eigenvalue weighted by molar-refractivity contribution is 0.103. The minimum absolute atomic E-state index is 0.0108. The van der Waals surface area contributed by atoms with E-state index in [-0.39, 0.29) is 23.2 Å². The van der Waals surface area contributed by atoms with Crippen LogP contribution in [0.5, 0.6) is 11.5 Å². The number of benzene rings is 2. The number of ether oxygens (including phenoxy) is 1. The van der Waals surface area contributed by atoms with Crippen molar-refractivity contribution in [2.45, 2.75) is 32.8 Å². The zero-order valence-corrected chi connectivity index (χ0v) is 14.5. The molecule has 2 aromatic rings. The van der Waals surface area contributed by atoms with E-state index in [0.717, 1.165) is 18.4 Å². The maximum Gasteiger partial charge on any atom is 0.196 e. The van der Waals surface area contributed by atoms with Crippen LogP contribution in [0, 0.1) is 0 Å². The summed E-state index contributed by atoms with van der Waals surface area (Å²) in [5.41, 5.74) is 3.11. The SMILES string of the molecule is CC(C)Oc1ccc(C(=O)c2ccc(C3=CCCC=C3)cc2)c(O)c1. The summed E-state index contributed by atoms with van der Waals surface area (Å²) < 4.78 is 5.53. The molecule has 0 heterocycles. The number of carbonyl (C=O) groups is 1. The molecule has 0 saturated carbocycles. The molecule has 1 aliphatic carbocycles. The lowest BCUT2D eigenvalue weighted by Gasteiger charge is -2.12. The van der Waals surface area contributed by atoms with Crippen molar-refractivity contribution in [3.05, 3.63) is 77.4 Å². The van der Waals surface area contributed by atoms with E-state index >= 15 is 0 Å². The smallest absolute Gasteiger partial charge is 0.196 e. The van der Waals surface area contributed by atoms with Gasteiger partial charge in [0.2, 0.25) is 0 Å². The summed E-state index contributed by atoms with van der Waals surface area (Å²) in [5, 5.41) is 10.2.